The van der Waals surface area contributed by atoms with Crippen molar-refractivity contribution in [3.05, 3.63) is 30.1 Å². The van der Waals surface area contributed by atoms with E-state index in [1.165, 1.54) is 148 Å². The lowest BCUT2D eigenvalue weighted by Gasteiger charge is -2.21. The van der Waals surface area contributed by atoms with Gasteiger partial charge in [-0.3, -0.25) is 4.90 Å². The average molecular weight is 890 g/mol. The van der Waals surface area contributed by atoms with Crippen LogP contribution in [0.5, 0.6) is 0 Å². The predicted octanol–water partition coefficient (Wildman–Crippen LogP) is 9.97. The molecule has 0 bridgehead atoms. The maximum Gasteiger partial charge on any atom is 0.410 e. The van der Waals surface area contributed by atoms with Crippen LogP contribution in [0.15, 0.2) is 24.4 Å². The van der Waals surface area contributed by atoms with Crippen molar-refractivity contribution in [3.63, 3.8) is 0 Å². The van der Waals surface area contributed by atoms with Gasteiger partial charge in [-0.25, -0.2) is 14.2 Å². The van der Waals surface area contributed by atoms with E-state index in [1.54, 1.807) is 11.8 Å². The first kappa shape index (κ1) is 52.8. The predicted molar refractivity (Wildman–Crippen MR) is 227 cm³/mol. The lowest BCUT2D eigenvalue weighted by molar-refractivity contribution is -0.701. The van der Waals surface area contributed by atoms with Crippen LogP contribution in [-0.4, -0.2) is 54.9 Å². The molecule has 0 aliphatic carbocycles. The van der Waals surface area contributed by atoms with Gasteiger partial charge in [-0.1, -0.05) is 180 Å². The van der Waals surface area contributed by atoms with E-state index in [1.807, 2.05) is 17.0 Å². The number of pyridine rings is 1. The monoisotopic (exact) mass is 890 g/mol. The molecule has 1 N–H and O–H groups in total. The quantitative estimate of drug-likeness (QED) is 0.0407. The summed E-state index contributed by atoms with van der Waals surface area (Å²) in [5.41, 5.74) is 1.12. The van der Waals surface area contributed by atoms with Crippen LogP contribution in [-0.2, 0) is 22.6 Å². The number of hydrogen-bond donors (Lipinski definition) is 1. The van der Waals surface area contributed by atoms with Gasteiger partial charge in [0.15, 0.2) is 6.20 Å². The smallest absolute Gasteiger partial charge is 0.410 e. The van der Waals surface area contributed by atoms with Crippen LogP contribution in [0.1, 0.15) is 200 Å². The minimum Gasteiger partial charge on any atom is -1.00 e. The van der Waals surface area contributed by atoms with Crippen LogP contribution in [0.4, 0.5) is 9.59 Å². The Morgan fingerprint density at radius 2 is 1.06 bits per heavy atom. The second-order valence-electron chi connectivity index (χ2n) is 15.0. The van der Waals surface area contributed by atoms with Gasteiger partial charge in [0.05, 0.1) is 0 Å². The minimum atomic E-state index is -0.333. The molecule has 0 aliphatic rings. The number of unbranched alkanes of at least 4 members (excludes halogenated alkanes) is 25. The summed E-state index contributed by atoms with van der Waals surface area (Å²) in [4.78, 5) is 27.1. The Bertz CT molecular complexity index is 973. The van der Waals surface area contributed by atoms with Crippen molar-refractivity contribution in [2.75, 3.05) is 37.8 Å². The first-order valence-electron chi connectivity index (χ1n) is 22.5. The number of aromatic nitrogens is 1. The fourth-order valence-corrected chi connectivity index (χ4v) is 7.46. The second-order valence-corrected chi connectivity index (χ2v) is 16.3. The number of aryl methyl sites for hydroxylation is 1. The summed E-state index contributed by atoms with van der Waals surface area (Å²) in [6.45, 7) is 10.2. The molecule has 1 aromatic rings. The van der Waals surface area contributed by atoms with Gasteiger partial charge in [0.2, 0.25) is 5.69 Å². The largest absolute Gasteiger partial charge is 1.00 e. The standard InChI is InChI=1S/C45H83N3O4S.HI/c1-4-7-9-11-13-15-17-19-21-23-25-27-29-32-37-48(42-43-34-30-33-36-47(43)6-3)45(50)52-39-41-53-40-38-51-44(49)46-35-31-28-26-24-22-20-18-16-14-12-10-8-5-2;/h30,33-34,36H,4-29,31-32,35,37-42H2,1-3H3;1H. The van der Waals surface area contributed by atoms with Crippen LogP contribution in [0, 0.1) is 0 Å². The van der Waals surface area contributed by atoms with E-state index in [4.69, 9.17) is 9.47 Å². The van der Waals surface area contributed by atoms with Crippen LogP contribution < -0.4 is 33.9 Å². The van der Waals surface area contributed by atoms with Gasteiger partial charge in [0, 0.05) is 36.7 Å². The number of alkyl carbamates (subject to hydrolysis) is 1. The highest BCUT2D eigenvalue weighted by atomic mass is 127. The summed E-state index contributed by atoms with van der Waals surface area (Å²) in [6, 6.07) is 6.17. The van der Waals surface area contributed by atoms with Crippen molar-refractivity contribution in [1.82, 2.24) is 10.2 Å². The molecule has 9 heteroatoms. The van der Waals surface area contributed by atoms with Gasteiger partial charge in [-0.05, 0) is 19.8 Å². The number of carbonyl (C=O) groups is 2. The number of hydrogen-bond acceptors (Lipinski definition) is 5. The highest BCUT2D eigenvalue weighted by Crippen LogP contribution is 2.15. The van der Waals surface area contributed by atoms with Gasteiger partial charge in [-0.15, -0.1) is 0 Å². The summed E-state index contributed by atoms with van der Waals surface area (Å²) < 4.78 is 13.2. The molecule has 7 nitrogen and oxygen atoms in total. The molecule has 0 fully saturated rings. The molecule has 0 aliphatic heterocycles. The van der Waals surface area contributed by atoms with Crippen LogP contribution in [0.2, 0.25) is 0 Å². The van der Waals surface area contributed by atoms with Gasteiger partial charge in [-0.2, -0.15) is 11.8 Å². The molecule has 0 atom stereocenters. The maximum absolute atomic E-state index is 13.2. The molecule has 0 saturated heterocycles. The summed E-state index contributed by atoms with van der Waals surface area (Å²) in [5, 5.41) is 2.88. The minimum absolute atomic E-state index is 0. The Kier molecular flexibility index (Phi) is 40.5. The number of amides is 2. The van der Waals surface area contributed by atoms with E-state index >= 15 is 0 Å². The van der Waals surface area contributed by atoms with E-state index in [0.717, 1.165) is 37.9 Å². The highest BCUT2D eigenvalue weighted by Gasteiger charge is 2.20. The van der Waals surface area contributed by atoms with E-state index in [9.17, 15) is 9.59 Å². The molecule has 0 unspecified atom stereocenters. The molecule has 54 heavy (non-hydrogen) atoms. The number of ether oxygens (including phenoxy) is 2. The molecule has 316 valence electrons. The van der Waals surface area contributed by atoms with Crippen LogP contribution >= 0.6 is 11.8 Å². The van der Waals surface area contributed by atoms with Crippen molar-refractivity contribution in [2.24, 2.45) is 0 Å². The molecular weight excluding hydrogens is 805 g/mol. The van der Waals surface area contributed by atoms with Crippen molar-refractivity contribution in [1.29, 1.82) is 0 Å². The number of halogens is 1. The molecule has 2 amide bonds. The van der Waals surface area contributed by atoms with E-state index in [-0.39, 0.29) is 36.2 Å². The van der Waals surface area contributed by atoms with E-state index in [2.05, 4.69) is 42.9 Å². The SMILES string of the molecule is CCCCCCCCCCCCCCCCN(Cc1cccc[n+]1CC)C(=O)OCCSCCOC(=O)NCCCCCCCCCCCCCCC.[I-]. The molecule has 1 aromatic heterocycles. The summed E-state index contributed by atoms with van der Waals surface area (Å²) in [7, 11) is 0. The molecule has 0 aromatic carbocycles. The van der Waals surface area contributed by atoms with Crippen LogP contribution in [0.3, 0.4) is 0 Å². The highest BCUT2D eigenvalue weighted by molar-refractivity contribution is 7.99. The van der Waals surface area contributed by atoms with E-state index in [0.29, 0.717) is 44.4 Å². The lowest BCUT2D eigenvalue weighted by Crippen LogP contribution is -3.00. The third-order valence-electron chi connectivity index (χ3n) is 10.2. The van der Waals surface area contributed by atoms with Gasteiger partial charge >= 0.3 is 12.2 Å². The molecule has 0 spiro atoms. The number of nitrogens with one attached hydrogen (secondary N) is 1. The Labute approximate surface area is 355 Å². The second kappa shape index (κ2) is 41.4. The number of rotatable bonds is 38. The van der Waals surface area contributed by atoms with Gasteiger partial charge in [0.25, 0.3) is 0 Å². The summed E-state index contributed by atoms with van der Waals surface area (Å²) in [5.74, 6) is 1.37. The molecular formula is C45H84IN3O4S. The third kappa shape index (κ3) is 33.0. The normalized spacial score (nSPS) is 10.9. The fourth-order valence-electron chi connectivity index (χ4n) is 6.85. The molecule has 1 heterocycles. The van der Waals surface area contributed by atoms with Crippen molar-refractivity contribution in [2.45, 2.75) is 207 Å². The zero-order valence-corrected chi connectivity index (χ0v) is 38.3. The Balaban J connectivity index is 0.0000281. The molecule has 0 saturated carbocycles. The van der Waals surface area contributed by atoms with Crippen LogP contribution in [0.25, 0.3) is 0 Å². The first-order valence-corrected chi connectivity index (χ1v) is 23.6. The number of carbonyl (C=O) groups excluding carboxylic acids is 2. The van der Waals surface area contributed by atoms with Crippen molar-refractivity contribution >= 4 is 23.9 Å². The first-order chi connectivity index (χ1) is 26.1. The number of thioether (sulfide) groups is 1. The Morgan fingerprint density at radius 1 is 0.611 bits per heavy atom. The zero-order valence-electron chi connectivity index (χ0n) is 35.4. The topological polar surface area (TPSA) is 71.8 Å². The Morgan fingerprint density at radius 3 is 1.54 bits per heavy atom. The van der Waals surface area contributed by atoms with Crippen molar-refractivity contribution < 1.29 is 47.6 Å². The fraction of sp³-hybridized carbons (Fsp3) is 0.844. The lowest BCUT2D eigenvalue weighted by atomic mass is 10.0. The maximum atomic E-state index is 13.2. The average Bonchev–Trinajstić information content (AvgIpc) is 3.17. The molecule has 0 radical (unpaired) electrons. The third-order valence-corrected chi connectivity index (χ3v) is 11.1. The van der Waals surface area contributed by atoms with Gasteiger partial charge in [0.1, 0.15) is 26.3 Å². The summed E-state index contributed by atoms with van der Waals surface area (Å²) >= 11 is 1.64. The van der Waals surface area contributed by atoms with E-state index < -0.39 is 0 Å². The zero-order chi connectivity index (χ0) is 38.3. The molecule has 1 rings (SSSR count). The Hall–Kier alpha value is -1.23. The summed E-state index contributed by atoms with van der Waals surface area (Å²) in [6.07, 6.45) is 37.1. The number of nitrogens with zero attached hydrogens (tertiary/aromatic N) is 2. The van der Waals surface area contributed by atoms with Gasteiger partial charge < -0.3 is 38.8 Å². The van der Waals surface area contributed by atoms with Crippen molar-refractivity contribution in [3.8, 4) is 0 Å².